The van der Waals surface area contributed by atoms with Gasteiger partial charge in [0.2, 0.25) is 0 Å². The largest absolute Gasteiger partial charge is 0.348 e. The van der Waals surface area contributed by atoms with Gasteiger partial charge in [-0.15, -0.1) is 0 Å². The first-order valence-corrected chi connectivity index (χ1v) is 10.1. The van der Waals surface area contributed by atoms with Gasteiger partial charge in [0.15, 0.2) is 17.7 Å². The minimum absolute atomic E-state index is 0.198. The molecule has 2 fully saturated rings. The molecule has 9 nitrogen and oxygen atoms in total. The molecule has 1 aliphatic carbocycles. The highest BCUT2D eigenvalue weighted by molar-refractivity contribution is 5.91. The lowest BCUT2D eigenvalue weighted by Gasteiger charge is -2.40. The van der Waals surface area contributed by atoms with E-state index in [1.165, 1.54) is 0 Å². The van der Waals surface area contributed by atoms with Gasteiger partial charge in [-0.3, -0.25) is 15.2 Å². The van der Waals surface area contributed by atoms with Crippen molar-refractivity contribution in [3.05, 3.63) is 42.5 Å². The second kappa shape index (κ2) is 6.65. The van der Waals surface area contributed by atoms with Crippen molar-refractivity contribution in [3.8, 4) is 0 Å². The summed E-state index contributed by atoms with van der Waals surface area (Å²) >= 11 is 0. The Labute approximate surface area is 167 Å². The summed E-state index contributed by atoms with van der Waals surface area (Å²) < 4.78 is 13.5. The molecule has 0 amide bonds. The first kappa shape index (κ1) is 17.1. The van der Waals surface area contributed by atoms with E-state index in [1.54, 1.807) is 10.8 Å². The van der Waals surface area contributed by atoms with E-state index >= 15 is 0 Å². The number of nitrogens with zero attached hydrogens (tertiary/aromatic N) is 5. The molecule has 1 spiro atoms. The number of aromatic amines is 1. The second-order valence-electron chi connectivity index (χ2n) is 7.80. The van der Waals surface area contributed by atoms with E-state index in [1.807, 2.05) is 36.8 Å². The predicted molar refractivity (Wildman–Crippen MR) is 107 cm³/mol. The Morgan fingerprint density at radius 1 is 1.17 bits per heavy atom. The van der Waals surface area contributed by atoms with Crippen LogP contribution in [0.15, 0.2) is 41.9 Å². The van der Waals surface area contributed by atoms with Gasteiger partial charge in [0, 0.05) is 49.1 Å². The van der Waals surface area contributed by atoms with Gasteiger partial charge < -0.3 is 14.5 Å². The summed E-state index contributed by atoms with van der Waals surface area (Å²) in [6.07, 6.45) is 11.0. The predicted octanol–water partition coefficient (Wildman–Crippen LogP) is 2.19. The molecular weight excluding hydrogens is 370 g/mol. The number of aliphatic imine (C=N–C) groups is 1. The van der Waals surface area contributed by atoms with Crippen molar-refractivity contribution in [2.24, 2.45) is 4.99 Å². The van der Waals surface area contributed by atoms with E-state index in [9.17, 15) is 0 Å². The van der Waals surface area contributed by atoms with Gasteiger partial charge in [0.05, 0.1) is 18.9 Å². The molecule has 1 unspecified atom stereocenters. The molecule has 29 heavy (non-hydrogen) atoms. The summed E-state index contributed by atoms with van der Waals surface area (Å²) in [6.45, 7) is 1.42. The van der Waals surface area contributed by atoms with Crippen LogP contribution in [-0.4, -0.2) is 57.1 Å². The molecule has 5 heterocycles. The van der Waals surface area contributed by atoms with Crippen molar-refractivity contribution in [2.45, 2.75) is 43.8 Å². The van der Waals surface area contributed by atoms with Crippen LogP contribution in [0, 0.1) is 0 Å². The normalized spacial score (nSPS) is 23.9. The van der Waals surface area contributed by atoms with Gasteiger partial charge in [-0.05, 0) is 25.0 Å². The van der Waals surface area contributed by atoms with E-state index in [0.717, 1.165) is 48.4 Å². The third-order valence-electron chi connectivity index (χ3n) is 6.08. The van der Waals surface area contributed by atoms with E-state index < -0.39 is 0 Å². The van der Waals surface area contributed by atoms with Crippen molar-refractivity contribution < 1.29 is 9.47 Å². The summed E-state index contributed by atoms with van der Waals surface area (Å²) in [5.41, 5.74) is 2.89. The summed E-state index contributed by atoms with van der Waals surface area (Å²) in [5.74, 6) is 0.676. The lowest BCUT2D eigenvalue weighted by Crippen LogP contribution is -2.51. The Balaban J connectivity index is 1.27. The van der Waals surface area contributed by atoms with Crippen LogP contribution in [0.25, 0.3) is 5.65 Å². The minimum atomic E-state index is -0.348. The smallest absolute Gasteiger partial charge is 0.181 e. The van der Waals surface area contributed by atoms with E-state index in [4.69, 9.17) is 14.5 Å². The van der Waals surface area contributed by atoms with Crippen LogP contribution >= 0.6 is 0 Å². The zero-order valence-electron chi connectivity index (χ0n) is 16.0. The molecule has 1 saturated heterocycles. The third-order valence-corrected chi connectivity index (χ3v) is 6.08. The number of aromatic nitrogens is 4. The molecule has 3 aliphatic rings. The van der Waals surface area contributed by atoms with Crippen molar-refractivity contribution in [2.75, 3.05) is 18.1 Å². The van der Waals surface area contributed by atoms with Crippen molar-refractivity contribution in [3.63, 3.8) is 0 Å². The highest BCUT2D eigenvalue weighted by Crippen LogP contribution is 2.37. The van der Waals surface area contributed by atoms with Crippen LogP contribution in [0.5, 0.6) is 0 Å². The van der Waals surface area contributed by atoms with Crippen molar-refractivity contribution in [1.29, 1.82) is 0 Å². The number of fused-ring (bicyclic) bond motifs is 2. The van der Waals surface area contributed by atoms with Gasteiger partial charge in [-0.1, -0.05) is 0 Å². The fraction of sp³-hybridized carbons (Fsp3) is 0.450. The number of rotatable bonds is 3. The Hall–Kier alpha value is -2.75. The molecule has 0 radical (unpaired) electrons. The summed E-state index contributed by atoms with van der Waals surface area (Å²) in [5, 5.41) is 7.94. The van der Waals surface area contributed by atoms with Crippen molar-refractivity contribution >= 4 is 23.4 Å². The Morgan fingerprint density at radius 2 is 2.03 bits per heavy atom. The summed E-state index contributed by atoms with van der Waals surface area (Å²) in [4.78, 5) is 14.7. The maximum Gasteiger partial charge on any atom is 0.181 e. The zero-order valence-corrected chi connectivity index (χ0v) is 16.0. The van der Waals surface area contributed by atoms with Crippen LogP contribution in [0.1, 0.15) is 31.2 Å². The lowest BCUT2D eigenvalue weighted by atomic mass is 9.90. The Morgan fingerprint density at radius 3 is 2.90 bits per heavy atom. The van der Waals surface area contributed by atoms with E-state index in [-0.39, 0.29) is 12.1 Å². The highest BCUT2D eigenvalue weighted by atomic mass is 16.7. The number of anilines is 2. The fourth-order valence-electron chi connectivity index (χ4n) is 4.59. The fourth-order valence-corrected chi connectivity index (χ4v) is 4.59. The molecule has 6 rings (SSSR count). The van der Waals surface area contributed by atoms with E-state index in [0.29, 0.717) is 19.3 Å². The molecule has 2 aliphatic heterocycles. The minimum Gasteiger partial charge on any atom is -0.348 e. The average molecular weight is 393 g/mol. The lowest BCUT2D eigenvalue weighted by molar-refractivity contribution is -0.179. The molecular formula is C20H23N7O2. The van der Waals surface area contributed by atoms with Gasteiger partial charge in [0.1, 0.15) is 12.1 Å². The Kier molecular flexibility index (Phi) is 3.93. The zero-order chi connectivity index (χ0) is 19.3. The molecule has 1 saturated carbocycles. The average Bonchev–Trinajstić information content (AvgIpc) is 3.50. The summed E-state index contributed by atoms with van der Waals surface area (Å²) in [7, 11) is 0. The van der Waals surface area contributed by atoms with Gasteiger partial charge >= 0.3 is 0 Å². The molecule has 3 aromatic heterocycles. The van der Waals surface area contributed by atoms with Crippen LogP contribution in [0.3, 0.4) is 0 Å². The monoisotopic (exact) mass is 393 g/mol. The highest BCUT2D eigenvalue weighted by Gasteiger charge is 2.41. The second-order valence-corrected chi connectivity index (χ2v) is 7.80. The van der Waals surface area contributed by atoms with Gasteiger partial charge in [-0.2, -0.15) is 5.10 Å². The van der Waals surface area contributed by atoms with Crippen LogP contribution in [0.2, 0.25) is 0 Å². The Bertz CT molecular complexity index is 1040. The first-order valence-electron chi connectivity index (χ1n) is 10.1. The van der Waals surface area contributed by atoms with Gasteiger partial charge in [-0.25, -0.2) is 9.50 Å². The number of H-pyrrole nitrogens is 1. The van der Waals surface area contributed by atoms with Crippen LogP contribution < -0.4 is 10.2 Å². The number of hydrogen-bond donors (Lipinski definition) is 2. The summed E-state index contributed by atoms with van der Waals surface area (Å²) in [6, 6.07) is 6.46. The van der Waals surface area contributed by atoms with Crippen LogP contribution in [0.4, 0.5) is 11.5 Å². The first-order chi connectivity index (χ1) is 14.3. The maximum atomic E-state index is 5.87. The maximum absolute atomic E-state index is 5.87. The van der Waals surface area contributed by atoms with E-state index in [2.05, 4.69) is 25.3 Å². The quantitative estimate of drug-likeness (QED) is 0.709. The SMILES string of the molecule is C1=NC(NC2CCC3(CC2)OCCO3)N(c2ccn3ncnc3c2)c2[nH]ccc21. The molecule has 1 atom stereocenters. The number of pyridine rings is 1. The number of hydrogen-bond acceptors (Lipinski definition) is 7. The van der Waals surface area contributed by atoms with Gasteiger partial charge in [0.25, 0.3) is 0 Å². The number of ether oxygens (including phenoxy) is 2. The molecule has 150 valence electrons. The molecule has 3 aromatic rings. The standard InChI is InChI=1S/C20H23N7O2/c1-5-20(28-9-10-29-20)6-2-15(1)25-19-22-12-14-3-7-21-18(14)27(19)16-4-8-26-17(11-16)23-13-24-26/h3-4,7-8,11-13,15,19,21,25H,1-2,5-6,9-10H2. The molecule has 0 aromatic carbocycles. The molecule has 0 bridgehead atoms. The molecule has 9 heteroatoms. The molecule has 2 N–H and O–H groups in total. The third kappa shape index (κ3) is 2.93. The van der Waals surface area contributed by atoms with Crippen LogP contribution in [-0.2, 0) is 9.47 Å². The topological polar surface area (TPSA) is 92.1 Å². The number of nitrogens with one attached hydrogen (secondary N) is 2. The van der Waals surface area contributed by atoms with Crippen molar-refractivity contribution in [1.82, 2.24) is 24.9 Å².